The highest BCUT2D eigenvalue weighted by Gasteiger charge is 2.13. The van der Waals surface area contributed by atoms with E-state index in [2.05, 4.69) is 11.9 Å². The van der Waals surface area contributed by atoms with Gasteiger partial charge in [0.1, 0.15) is 0 Å². The van der Waals surface area contributed by atoms with Crippen LogP contribution in [-0.4, -0.2) is 25.1 Å². The van der Waals surface area contributed by atoms with Gasteiger partial charge in [-0.1, -0.05) is 25.1 Å². The molecule has 0 aliphatic rings. The fraction of sp³-hybridized carbons (Fsp3) is 0.400. The molecule has 1 aromatic rings. The van der Waals surface area contributed by atoms with Crippen LogP contribution in [0.25, 0.3) is 0 Å². The highest BCUT2D eigenvalue weighted by Crippen LogP contribution is 2.24. The summed E-state index contributed by atoms with van der Waals surface area (Å²) >= 11 is 0. The van der Waals surface area contributed by atoms with Crippen LogP contribution in [0, 0.1) is 5.82 Å². The van der Waals surface area contributed by atoms with Gasteiger partial charge in [0.2, 0.25) is 0 Å². The first kappa shape index (κ1) is 16.2. The summed E-state index contributed by atoms with van der Waals surface area (Å²) in [4.78, 5) is 11.4. The Hall–Kier alpha value is -1.88. The van der Waals surface area contributed by atoms with Crippen molar-refractivity contribution < 1.29 is 13.9 Å². The van der Waals surface area contributed by atoms with E-state index < -0.39 is 5.82 Å². The van der Waals surface area contributed by atoms with Crippen molar-refractivity contribution in [2.75, 3.05) is 13.2 Å². The first-order chi connectivity index (χ1) is 9.58. The highest BCUT2D eigenvalue weighted by molar-refractivity contribution is 5.77. The Morgan fingerprint density at radius 1 is 1.60 bits per heavy atom. The number of carbonyl (C=O) groups excluding carboxylic acids is 1. The quantitative estimate of drug-likeness (QED) is 0.714. The number of carbonyl (C=O) groups is 1. The predicted octanol–water partition coefficient (Wildman–Crippen LogP) is 1.79. The Morgan fingerprint density at radius 2 is 2.35 bits per heavy atom. The molecular weight excluding hydrogens is 259 g/mol. The molecule has 1 atom stereocenters. The summed E-state index contributed by atoms with van der Waals surface area (Å²) < 4.78 is 19.1. The number of halogens is 1. The van der Waals surface area contributed by atoms with E-state index in [1.54, 1.807) is 18.2 Å². The topological polar surface area (TPSA) is 64.3 Å². The largest absolute Gasteiger partial charge is 0.480 e. The first-order valence-corrected chi connectivity index (χ1v) is 6.61. The molecule has 1 amide bonds. The molecule has 0 aromatic heterocycles. The van der Waals surface area contributed by atoms with E-state index in [1.807, 2.05) is 6.92 Å². The maximum absolute atomic E-state index is 13.8. The number of benzene rings is 1. The number of para-hydroxylation sites is 1. The molecule has 5 heteroatoms. The molecule has 20 heavy (non-hydrogen) atoms. The second kappa shape index (κ2) is 8.32. The van der Waals surface area contributed by atoms with E-state index in [0.29, 0.717) is 18.5 Å². The monoisotopic (exact) mass is 280 g/mol. The number of hydrogen-bond donors (Lipinski definition) is 2. The third-order valence-corrected chi connectivity index (χ3v) is 2.85. The molecule has 0 aliphatic heterocycles. The third kappa shape index (κ3) is 5.01. The van der Waals surface area contributed by atoms with Crippen molar-refractivity contribution in [1.29, 1.82) is 0 Å². The van der Waals surface area contributed by atoms with Gasteiger partial charge in [0.25, 0.3) is 5.91 Å². The van der Waals surface area contributed by atoms with Gasteiger partial charge >= 0.3 is 0 Å². The summed E-state index contributed by atoms with van der Waals surface area (Å²) in [6, 6.07) is 4.61. The van der Waals surface area contributed by atoms with Gasteiger partial charge in [0.05, 0.1) is 0 Å². The summed E-state index contributed by atoms with van der Waals surface area (Å²) in [5.41, 5.74) is 6.55. The predicted molar refractivity (Wildman–Crippen MR) is 77.1 cm³/mol. The van der Waals surface area contributed by atoms with Crippen molar-refractivity contribution in [3.8, 4) is 5.75 Å². The number of rotatable bonds is 8. The summed E-state index contributed by atoms with van der Waals surface area (Å²) in [5, 5.41) is 2.56. The fourth-order valence-corrected chi connectivity index (χ4v) is 1.68. The zero-order valence-corrected chi connectivity index (χ0v) is 11.7. The fourth-order valence-electron chi connectivity index (χ4n) is 1.68. The van der Waals surface area contributed by atoms with Gasteiger partial charge in [-0.2, -0.15) is 0 Å². The molecule has 0 aliphatic carbocycles. The summed E-state index contributed by atoms with van der Waals surface area (Å²) in [6.45, 7) is 5.58. The second-order valence-electron chi connectivity index (χ2n) is 4.48. The minimum atomic E-state index is -0.484. The van der Waals surface area contributed by atoms with E-state index in [9.17, 15) is 9.18 Å². The van der Waals surface area contributed by atoms with E-state index in [-0.39, 0.29) is 24.3 Å². The number of hydrogen-bond acceptors (Lipinski definition) is 3. The molecule has 0 saturated heterocycles. The van der Waals surface area contributed by atoms with Crippen molar-refractivity contribution in [1.82, 2.24) is 5.32 Å². The van der Waals surface area contributed by atoms with Crippen molar-refractivity contribution in [3.63, 3.8) is 0 Å². The van der Waals surface area contributed by atoms with E-state index in [1.165, 1.54) is 6.07 Å². The van der Waals surface area contributed by atoms with Crippen molar-refractivity contribution >= 4 is 5.91 Å². The van der Waals surface area contributed by atoms with Gasteiger partial charge in [-0.15, -0.1) is 6.58 Å². The van der Waals surface area contributed by atoms with Crippen LogP contribution in [0.4, 0.5) is 4.39 Å². The number of nitrogens with one attached hydrogen (secondary N) is 1. The van der Waals surface area contributed by atoms with Crippen LogP contribution in [-0.2, 0) is 11.2 Å². The molecular formula is C15H21FN2O2. The number of ether oxygens (including phenoxy) is 1. The second-order valence-corrected chi connectivity index (χ2v) is 4.48. The van der Waals surface area contributed by atoms with Gasteiger partial charge in [-0.3, -0.25) is 4.79 Å². The lowest BCUT2D eigenvalue weighted by Gasteiger charge is -2.14. The van der Waals surface area contributed by atoms with Crippen LogP contribution >= 0.6 is 0 Å². The van der Waals surface area contributed by atoms with Crippen molar-refractivity contribution in [2.24, 2.45) is 5.73 Å². The zero-order chi connectivity index (χ0) is 15.0. The van der Waals surface area contributed by atoms with Crippen LogP contribution < -0.4 is 15.8 Å². The van der Waals surface area contributed by atoms with Crippen LogP contribution in [0.15, 0.2) is 30.9 Å². The number of amides is 1. The van der Waals surface area contributed by atoms with E-state index in [4.69, 9.17) is 10.5 Å². The van der Waals surface area contributed by atoms with Crippen LogP contribution in [0.5, 0.6) is 5.75 Å². The first-order valence-electron chi connectivity index (χ1n) is 6.61. The maximum atomic E-state index is 13.8. The molecule has 0 fully saturated rings. The Kier molecular flexibility index (Phi) is 6.73. The Balaban J connectivity index is 2.72. The SMILES string of the molecule is C=CCNC(=O)COc1c(F)cccc1CC(N)CC. The van der Waals surface area contributed by atoms with Crippen molar-refractivity contribution in [3.05, 3.63) is 42.2 Å². The van der Waals surface area contributed by atoms with Crippen LogP contribution in [0.1, 0.15) is 18.9 Å². The lowest BCUT2D eigenvalue weighted by Crippen LogP contribution is -2.29. The average molecular weight is 280 g/mol. The molecule has 4 nitrogen and oxygen atoms in total. The third-order valence-electron chi connectivity index (χ3n) is 2.85. The average Bonchev–Trinajstić information content (AvgIpc) is 2.44. The lowest BCUT2D eigenvalue weighted by molar-refractivity contribution is -0.122. The normalized spacial score (nSPS) is 11.8. The van der Waals surface area contributed by atoms with E-state index in [0.717, 1.165) is 6.42 Å². The molecule has 110 valence electrons. The smallest absolute Gasteiger partial charge is 0.258 e. The lowest BCUT2D eigenvalue weighted by atomic mass is 10.0. The minimum Gasteiger partial charge on any atom is -0.480 e. The molecule has 0 radical (unpaired) electrons. The minimum absolute atomic E-state index is 0.0613. The van der Waals surface area contributed by atoms with Gasteiger partial charge in [0.15, 0.2) is 18.2 Å². The van der Waals surface area contributed by atoms with E-state index >= 15 is 0 Å². The van der Waals surface area contributed by atoms with Gasteiger partial charge in [0, 0.05) is 12.6 Å². The zero-order valence-electron chi connectivity index (χ0n) is 11.7. The standard InChI is InChI=1S/C15H21FN2O2/c1-3-8-18-14(19)10-20-15-11(9-12(17)4-2)6-5-7-13(15)16/h3,5-7,12H,1,4,8-10,17H2,2H3,(H,18,19). The van der Waals surface area contributed by atoms with Crippen molar-refractivity contribution in [2.45, 2.75) is 25.8 Å². The van der Waals surface area contributed by atoms with Crippen LogP contribution in [0.3, 0.4) is 0 Å². The molecule has 1 aromatic carbocycles. The molecule has 0 bridgehead atoms. The molecule has 1 unspecified atom stereocenters. The molecule has 0 heterocycles. The van der Waals surface area contributed by atoms with Gasteiger partial charge in [-0.05, 0) is 24.5 Å². The molecule has 0 saturated carbocycles. The summed E-state index contributed by atoms with van der Waals surface area (Å²) in [7, 11) is 0. The highest BCUT2D eigenvalue weighted by atomic mass is 19.1. The van der Waals surface area contributed by atoms with Gasteiger partial charge in [-0.25, -0.2) is 4.39 Å². The Morgan fingerprint density at radius 3 is 3.00 bits per heavy atom. The van der Waals surface area contributed by atoms with Crippen LogP contribution in [0.2, 0.25) is 0 Å². The Bertz CT molecular complexity index is 463. The summed E-state index contributed by atoms with van der Waals surface area (Å²) in [5.74, 6) is -0.702. The molecule has 0 spiro atoms. The summed E-state index contributed by atoms with van der Waals surface area (Å²) in [6.07, 6.45) is 2.86. The number of nitrogens with two attached hydrogens (primary N) is 1. The Labute approximate surface area is 118 Å². The van der Waals surface area contributed by atoms with Gasteiger partial charge < -0.3 is 15.8 Å². The molecule has 1 rings (SSSR count). The molecule has 3 N–H and O–H groups in total. The maximum Gasteiger partial charge on any atom is 0.258 e.